The Bertz CT molecular complexity index is 1530. The van der Waals surface area contributed by atoms with Crippen LogP contribution in [0.3, 0.4) is 0 Å². The lowest BCUT2D eigenvalue weighted by Crippen LogP contribution is -2.33. The highest BCUT2D eigenvalue weighted by Gasteiger charge is 2.32. The fourth-order valence-corrected chi connectivity index (χ4v) is 5.53. The number of anilines is 1. The Balaban J connectivity index is 1.45. The number of aryl methyl sites for hydroxylation is 1. The monoisotopic (exact) mass is 462 g/mol. The summed E-state index contributed by atoms with van der Waals surface area (Å²) in [6, 6.07) is 19.4. The second-order valence-electron chi connectivity index (χ2n) is 10.1. The van der Waals surface area contributed by atoms with Crippen molar-refractivity contribution in [2.24, 2.45) is 5.92 Å². The lowest BCUT2D eigenvalue weighted by Gasteiger charge is -2.38. The van der Waals surface area contributed by atoms with E-state index in [1.165, 1.54) is 5.56 Å². The first-order valence-electron chi connectivity index (χ1n) is 12.2. The molecule has 5 aromatic rings. The summed E-state index contributed by atoms with van der Waals surface area (Å²) < 4.78 is 2.32. The van der Waals surface area contributed by atoms with Gasteiger partial charge < -0.3 is 15.2 Å². The van der Waals surface area contributed by atoms with Crippen LogP contribution in [0.15, 0.2) is 67.1 Å². The van der Waals surface area contributed by atoms with Gasteiger partial charge in [0.05, 0.1) is 16.6 Å². The normalized spacial score (nSPS) is 17.8. The SMILES string of the molecule is Cc1cc(-c2ccccc2)nc2cc(-c3cn(C4CC(CN(C)C)C4)c4ncnc(N)c34)ccc12. The Hall–Kier alpha value is -3.77. The number of aromatic nitrogens is 4. The van der Waals surface area contributed by atoms with Crippen LogP contribution in [0.2, 0.25) is 0 Å². The van der Waals surface area contributed by atoms with Gasteiger partial charge in [-0.2, -0.15) is 0 Å². The molecule has 3 aromatic heterocycles. The minimum atomic E-state index is 0.441. The topological polar surface area (TPSA) is 72.9 Å². The summed E-state index contributed by atoms with van der Waals surface area (Å²) >= 11 is 0. The van der Waals surface area contributed by atoms with Crippen LogP contribution in [0.25, 0.3) is 44.3 Å². The molecule has 3 heterocycles. The third-order valence-electron chi connectivity index (χ3n) is 7.26. The molecule has 2 N–H and O–H groups in total. The number of fused-ring (bicyclic) bond motifs is 2. The molecule has 1 saturated carbocycles. The summed E-state index contributed by atoms with van der Waals surface area (Å²) in [6.07, 6.45) is 6.11. The summed E-state index contributed by atoms with van der Waals surface area (Å²) in [7, 11) is 4.28. The van der Waals surface area contributed by atoms with Crippen molar-refractivity contribution >= 4 is 27.8 Å². The van der Waals surface area contributed by atoms with Crippen LogP contribution in [0, 0.1) is 12.8 Å². The Labute approximate surface area is 205 Å². The quantitative estimate of drug-likeness (QED) is 0.362. The molecule has 6 nitrogen and oxygen atoms in total. The van der Waals surface area contributed by atoms with Crippen LogP contribution >= 0.6 is 0 Å². The van der Waals surface area contributed by atoms with Gasteiger partial charge in [0.15, 0.2) is 0 Å². The van der Waals surface area contributed by atoms with Crippen molar-refractivity contribution in [3.63, 3.8) is 0 Å². The number of hydrogen-bond acceptors (Lipinski definition) is 5. The third-order valence-corrected chi connectivity index (χ3v) is 7.26. The first kappa shape index (κ1) is 21.7. The van der Waals surface area contributed by atoms with Gasteiger partial charge in [-0.15, -0.1) is 0 Å². The fraction of sp³-hybridized carbons (Fsp3) is 0.276. The van der Waals surface area contributed by atoms with E-state index in [9.17, 15) is 0 Å². The minimum absolute atomic E-state index is 0.441. The van der Waals surface area contributed by atoms with Crippen molar-refractivity contribution in [1.82, 2.24) is 24.4 Å². The van der Waals surface area contributed by atoms with E-state index in [4.69, 9.17) is 10.7 Å². The summed E-state index contributed by atoms with van der Waals surface area (Å²) in [6.45, 7) is 3.27. The predicted octanol–water partition coefficient (Wildman–Crippen LogP) is 5.72. The number of nitrogens with two attached hydrogens (primary N) is 1. The number of pyridine rings is 1. The van der Waals surface area contributed by atoms with Crippen LogP contribution < -0.4 is 5.73 Å². The van der Waals surface area contributed by atoms with Gasteiger partial charge in [0, 0.05) is 35.3 Å². The van der Waals surface area contributed by atoms with E-state index in [1.54, 1.807) is 6.33 Å². The van der Waals surface area contributed by atoms with E-state index in [1.807, 2.05) is 18.2 Å². The number of benzene rings is 2. The van der Waals surface area contributed by atoms with Crippen LogP contribution in [-0.2, 0) is 0 Å². The van der Waals surface area contributed by atoms with Gasteiger partial charge in [0.25, 0.3) is 0 Å². The van der Waals surface area contributed by atoms with Gasteiger partial charge in [0.1, 0.15) is 17.8 Å². The van der Waals surface area contributed by atoms with Gasteiger partial charge in [-0.05, 0) is 63.0 Å². The molecule has 0 unspecified atom stereocenters. The molecule has 0 bridgehead atoms. The first-order chi connectivity index (χ1) is 17.0. The van der Waals surface area contributed by atoms with Crippen LogP contribution in [0.5, 0.6) is 0 Å². The molecule has 1 aliphatic rings. The molecule has 0 radical (unpaired) electrons. The van der Waals surface area contributed by atoms with E-state index in [-0.39, 0.29) is 0 Å². The molecular weight excluding hydrogens is 432 g/mol. The Kier molecular flexibility index (Phi) is 5.26. The highest BCUT2D eigenvalue weighted by molar-refractivity contribution is 6.02. The smallest absolute Gasteiger partial charge is 0.146 e. The van der Waals surface area contributed by atoms with Gasteiger partial charge in [-0.3, -0.25) is 0 Å². The predicted molar refractivity (Wildman–Crippen MR) is 143 cm³/mol. The molecule has 35 heavy (non-hydrogen) atoms. The molecule has 0 amide bonds. The van der Waals surface area contributed by atoms with Gasteiger partial charge in [-0.25, -0.2) is 15.0 Å². The first-order valence-corrected chi connectivity index (χ1v) is 12.2. The Morgan fingerprint density at radius 2 is 1.80 bits per heavy atom. The van der Waals surface area contributed by atoms with E-state index >= 15 is 0 Å². The molecule has 0 spiro atoms. The molecule has 176 valence electrons. The van der Waals surface area contributed by atoms with E-state index < -0.39 is 0 Å². The summed E-state index contributed by atoms with van der Waals surface area (Å²) in [4.78, 5) is 16.3. The summed E-state index contributed by atoms with van der Waals surface area (Å²) in [5.74, 6) is 1.24. The lowest BCUT2D eigenvalue weighted by atomic mass is 9.80. The molecule has 6 heteroatoms. The second-order valence-corrected chi connectivity index (χ2v) is 10.1. The van der Waals surface area contributed by atoms with Crippen LogP contribution in [0.4, 0.5) is 5.82 Å². The van der Waals surface area contributed by atoms with Crippen molar-refractivity contribution in [1.29, 1.82) is 0 Å². The zero-order valence-corrected chi connectivity index (χ0v) is 20.4. The van der Waals surface area contributed by atoms with Gasteiger partial charge in [0.2, 0.25) is 0 Å². The molecule has 0 atom stereocenters. The maximum atomic E-state index is 6.41. The van der Waals surface area contributed by atoms with Crippen LogP contribution in [-0.4, -0.2) is 45.1 Å². The highest BCUT2D eigenvalue weighted by Crippen LogP contribution is 2.43. The van der Waals surface area contributed by atoms with Crippen molar-refractivity contribution in [2.45, 2.75) is 25.8 Å². The fourth-order valence-electron chi connectivity index (χ4n) is 5.53. The molecule has 2 aromatic carbocycles. The number of rotatable bonds is 5. The Morgan fingerprint density at radius 1 is 1.00 bits per heavy atom. The van der Waals surface area contributed by atoms with E-state index in [0.717, 1.165) is 69.6 Å². The number of nitrogen functional groups attached to an aromatic ring is 1. The van der Waals surface area contributed by atoms with Crippen molar-refractivity contribution in [2.75, 3.05) is 26.4 Å². The van der Waals surface area contributed by atoms with Crippen molar-refractivity contribution < 1.29 is 0 Å². The molecule has 0 saturated heterocycles. The van der Waals surface area contributed by atoms with Gasteiger partial charge in [-0.1, -0.05) is 42.5 Å². The van der Waals surface area contributed by atoms with Gasteiger partial charge >= 0.3 is 0 Å². The maximum absolute atomic E-state index is 6.41. The average molecular weight is 463 g/mol. The van der Waals surface area contributed by atoms with Crippen molar-refractivity contribution in [3.8, 4) is 22.4 Å². The summed E-state index contributed by atoms with van der Waals surface area (Å²) in [5, 5.41) is 2.09. The molecule has 6 rings (SSSR count). The lowest BCUT2D eigenvalue weighted by molar-refractivity contribution is 0.159. The second kappa shape index (κ2) is 8.47. The zero-order chi connectivity index (χ0) is 24.1. The van der Waals surface area contributed by atoms with Crippen molar-refractivity contribution in [3.05, 3.63) is 72.7 Å². The maximum Gasteiger partial charge on any atom is 0.146 e. The van der Waals surface area contributed by atoms with Crippen LogP contribution in [0.1, 0.15) is 24.4 Å². The van der Waals surface area contributed by atoms with E-state index in [2.05, 4.69) is 83.0 Å². The minimum Gasteiger partial charge on any atom is -0.383 e. The standard InChI is InChI=1S/C29H30N6/c1-18-11-25(20-7-5-4-6-8-20)33-26-14-21(9-10-23(18)26)24-16-35(22-12-19(13-22)15-34(2)3)29-27(24)28(30)31-17-32-29/h4-11,14,16-17,19,22H,12-13,15H2,1-3H3,(H2,30,31,32). The van der Waals surface area contributed by atoms with E-state index in [0.29, 0.717) is 11.9 Å². The third kappa shape index (κ3) is 3.84. The average Bonchev–Trinajstić information content (AvgIpc) is 3.21. The summed E-state index contributed by atoms with van der Waals surface area (Å²) in [5.41, 5.74) is 13.8. The number of nitrogens with zero attached hydrogens (tertiary/aromatic N) is 5. The molecule has 1 aliphatic carbocycles. The molecular formula is C29H30N6. The number of hydrogen-bond donors (Lipinski definition) is 1. The molecule has 1 fully saturated rings. The zero-order valence-electron chi connectivity index (χ0n) is 20.4. The largest absolute Gasteiger partial charge is 0.383 e. The highest BCUT2D eigenvalue weighted by atomic mass is 15.1. The molecule has 0 aliphatic heterocycles. The Morgan fingerprint density at radius 3 is 2.57 bits per heavy atom.